The first-order chi connectivity index (χ1) is 12.7. The summed E-state index contributed by atoms with van der Waals surface area (Å²) in [6, 6.07) is 0. The number of aliphatic hydroxyl groups excluding tert-OH is 1. The summed E-state index contributed by atoms with van der Waals surface area (Å²) in [4.78, 5) is 25.1. The van der Waals surface area contributed by atoms with E-state index in [1.807, 2.05) is 6.92 Å². The molecule has 4 aliphatic rings. The maximum atomic E-state index is 12.8. The van der Waals surface area contributed by atoms with Gasteiger partial charge in [0.05, 0.1) is 18.1 Å². The van der Waals surface area contributed by atoms with Crippen molar-refractivity contribution < 1.29 is 28.9 Å². The molecule has 146 valence electrons. The number of aliphatic hydroxyl groups is 1. The maximum Gasteiger partial charge on any atom is 0.339 e. The number of hydrogen-bond acceptors (Lipinski definition) is 6. The van der Waals surface area contributed by atoms with E-state index in [4.69, 9.17) is 14.2 Å². The summed E-state index contributed by atoms with van der Waals surface area (Å²) in [6.07, 6.45) is -0.446. The SMILES string of the molecule is C=C(C)C(=O)OC1CC(=C)C2CC(O)C(=C)C2C2OC(=O)C3(CC(C)O3)C12. The fourth-order valence-electron chi connectivity index (χ4n) is 5.40. The van der Waals surface area contributed by atoms with Gasteiger partial charge in [-0.25, -0.2) is 9.59 Å². The third-order valence-corrected chi connectivity index (χ3v) is 6.60. The standard InChI is InChI=1S/C21H26O6/c1-9(2)19(23)25-15-6-10(3)13-7-14(22)12(5)16(13)18-17(15)21(20(24)26-18)8-11(4)27-21/h11,13-18,22H,1,3,5-8H2,2,4H3. The Labute approximate surface area is 158 Å². The van der Waals surface area contributed by atoms with Crippen LogP contribution in [0.4, 0.5) is 0 Å². The van der Waals surface area contributed by atoms with E-state index in [-0.39, 0.29) is 17.9 Å². The summed E-state index contributed by atoms with van der Waals surface area (Å²) in [5.74, 6) is -1.67. The van der Waals surface area contributed by atoms with Crippen molar-refractivity contribution in [2.45, 2.75) is 63.1 Å². The molecule has 0 aromatic carbocycles. The fourth-order valence-corrected chi connectivity index (χ4v) is 5.40. The predicted molar refractivity (Wildman–Crippen MR) is 96.5 cm³/mol. The first-order valence-corrected chi connectivity index (χ1v) is 9.45. The van der Waals surface area contributed by atoms with Gasteiger partial charge in [-0.1, -0.05) is 25.3 Å². The van der Waals surface area contributed by atoms with Crippen LogP contribution in [0.3, 0.4) is 0 Å². The van der Waals surface area contributed by atoms with Crippen molar-refractivity contribution in [3.63, 3.8) is 0 Å². The topological polar surface area (TPSA) is 82.1 Å². The van der Waals surface area contributed by atoms with Crippen LogP contribution in [0.5, 0.6) is 0 Å². The van der Waals surface area contributed by atoms with Crippen LogP contribution in [0.15, 0.2) is 36.5 Å². The second-order valence-electron chi connectivity index (χ2n) is 8.46. The average molecular weight is 374 g/mol. The first-order valence-electron chi connectivity index (χ1n) is 9.45. The van der Waals surface area contributed by atoms with Crippen molar-refractivity contribution in [3.8, 4) is 0 Å². The molecule has 1 spiro atoms. The second-order valence-corrected chi connectivity index (χ2v) is 8.46. The van der Waals surface area contributed by atoms with Gasteiger partial charge in [0.2, 0.25) is 0 Å². The monoisotopic (exact) mass is 374 g/mol. The molecule has 0 amide bonds. The molecular weight excluding hydrogens is 348 g/mol. The summed E-state index contributed by atoms with van der Waals surface area (Å²) in [5.41, 5.74) is 0.724. The van der Waals surface area contributed by atoms with E-state index in [2.05, 4.69) is 19.7 Å². The highest BCUT2D eigenvalue weighted by atomic mass is 16.6. The summed E-state index contributed by atoms with van der Waals surface area (Å²) < 4.78 is 17.5. The van der Waals surface area contributed by atoms with Crippen LogP contribution in [0.25, 0.3) is 0 Å². The van der Waals surface area contributed by atoms with Crippen molar-refractivity contribution in [2.24, 2.45) is 17.8 Å². The molecule has 4 rings (SSSR count). The van der Waals surface area contributed by atoms with E-state index in [1.54, 1.807) is 6.92 Å². The molecule has 0 aromatic rings. The summed E-state index contributed by atoms with van der Waals surface area (Å²) >= 11 is 0. The Bertz CT molecular complexity index is 746. The smallest absolute Gasteiger partial charge is 0.339 e. The van der Waals surface area contributed by atoms with Crippen molar-refractivity contribution in [2.75, 3.05) is 0 Å². The van der Waals surface area contributed by atoms with Gasteiger partial charge in [0, 0.05) is 24.3 Å². The van der Waals surface area contributed by atoms with E-state index in [1.165, 1.54) is 0 Å². The Balaban J connectivity index is 1.76. The molecule has 2 heterocycles. The van der Waals surface area contributed by atoms with E-state index in [0.29, 0.717) is 30.4 Å². The van der Waals surface area contributed by atoms with Crippen LogP contribution in [-0.2, 0) is 23.8 Å². The van der Waals surface area contributed by atoms with Gasteiger partial charge in [-0.05, 0) is 31.8 Å². The fraction of sp³-hybridized carbons (Fsp3) is 0.619. The van der Waals surface area contributed by atoms with Gasteiger partial charge in [-0.3, -0.25) is 0 Å². The van der Waals surface area contributed by atoms with Gasteiger partial charge in [0.25, 0.3) is 0 Å². The van der Waals surface area contributed by atoms with Crippen LogP contribution in [0.2, 0.25) is 0 Å². The van der Waals surface area contributed by atoms with Gasteiger partial charge in [-0.2, -0.15) is 0 Å². The second kappa shape index (κ2) is 6.04. The van der Waals surface area contributed by atoms with Crippen molar-refractivity contribution in [1.82, 2.24) is 0 Å². The Morgan fingerprint density at radius 3 is 2.63 bits per heavy atom. The van der Waals surface area contributed by atoms with Crippen LogP contribution in [0.1, 0.15) is 33.1 Å². The van der Waals surface area contributed by atoms with Crippen LogP contribution in [0, 0.1) is 17.8 Å². The molecular formula is C21H26O6. The maximum absolute atomic E-state index is 12.8. The molecule has 4 fully saturated rings. The molecule has 0 aromatic heterocycles. The van der Waals surface area contributed by atoms with E-state index in [9.17, 15) is 14.7 Å². The number of rotatable bonds is 2. The third kappa shape index (κ3) is 2.53. The summed E-state index contributed by atoms with van der Waals surface area (Å²) in [7, 11) is 0. The minimum Gasteiger partial charge on any atom is -0.459 e. The zero-order chi connectivity index (χ0) is 19.7. The predicted octanol–water partition coefficient (Wildman–Crippen LogP) is 2.08. The number of esters is 2. The molecule has 0 radical (unpaired) electrons. The van der Waals surface area contributed by atoms with Crippen molar-refractivity contribution >= 4 is 11.9 Å². The number of ether oxygens (including phenoxy) is 3. The number of carbonyl (C=O) groups is 2. The minimum atomic E-state index is -1.10. The Kier molecular flexibility index (Phi) is 4.13. The van der Waals surface area contributed by atoms with Crippen LogP contribution in [-0.4, -0.2) is 47.1 Å². The quantitative estimate of drug-likeness (QED) is 0.453. The molecule has 2 saturated heterocycles. The van der Waals surface area contributed by atoms with E-state index in [0.717, 1.165) is 5.57 Å². The Morgan fingerprint density at radius 2 is 2.04 bits per heavy atom. The molecule has 0 bridgehead atoms. The van der Waals surface area contributed by atoms with Gasteiger partial charge in [0.15, 0.2) is 5.60 Å². The Morgan fingerprint density at radius 1 is 1.37 bits per heavy atom. The first kappa shape index (κ1) is 18.4. The lowest BCUT2D eigenvalue weighted by Gasteiger charge is -2.46. The molecule has 27 heavy (non-hydrogen) atoms. The largest absolute Gasteiger partial charge is 0.459 e. The highest BCUT2D eigenvalue weighted by Gasteiger charge is 2.70. The normalized spacial score (nSPS) is 45.6. The van der Waals surface area contributed by atoms with E-state index < -0.39 is 41.8 Å². The highest BCUT2D eigenvalue weighted by Crippen LogP contribution is 2.58. The number of hydrogen-bond donors (Lipinski definition) is 1. The highest BCUT2D eigenvalue weighted by molar-refractivity contribution is 5.87. The zero-order valence-electron chi connectivity index (χ0n) is 15.8. The Hall–Kier alpha value is -1.92. The average Bonchev–Trinajstić information content (AvgIpc) is 2.98. The number of carbonyl (C=O) groups excluding carboxylic acids is 2. The molecule has 2 saturated carbocycles. The van der Waals surface area contributed by atoms with E-state index >= 15 is 0 Å². The van der Waals surface area contributed by atoms with Crippen LogP contribution >= 0.6 is 0 Å². The molecule has 8 atom stereocenters. The molecule has 8 unspecified atom stereocenters. The lowest BCUT2D eigenvalue weighted by Crippen LogP contribution is -2.60. The third-order valence-electron chi connectivity index (χ3n) is 6.60. The summed E-state index contributed by atoms with van der Waals surface area (Å²) in [6.45, 7) is 15.4. The molecule has 2 aliphatic carbocycles. The van der Waals surface area contributed by atoms with Gasteiger partial charge >= 0.3 is 11.9 Å². The van der Waals surface area contributed by atoms with Crippen molar-refractivity contribution in [3.05, 3.63) is 36.5 Å². The zero-order valence-corrected chi connectivity index (χ0v) is 15.8. The molecule has 1 N–H and O–H groups in total. The molecule has 6 nitrogen and oxygen atoms in total. The van der Waals surface area contributed by atoms with Gasteiger partial charge in [-0.15, -0.1) is 0 Å². The minimum absolute atomic E-state index is 0.0611. The molecule has 2 aliphatic heterocycles. The van der Waals surface area contributed by atoms with Crippen molar-refractivity contribution in [1.29, 1.82) is 0 Å². The van der Waals surface area contributed by atoms with Crippen LogP contribution < -0.4 is 0 Å². The van der Waals surface area contributed by atoms with Gasteiger partial charge in [0.1, 0.15) is 12.2 Å². The number of fused-ring (bicyclic) bond motifs is 4. The molecule has 6 heteroatoms. The summed E-state index contributed by atoms with van der Waals surface area (Å²) in [5, 5.41) is 10.3. The lowest BCUT2D eigenvalue weighted by atomic mass is 9.71. The lowest BCUT2D eigenvalue weighted by molar-refractivity contribution is -0.228. The van der Waals surface area contributed by atoms with Gasteiger partial charge < -0.3 is 19.3 Å².